The molecule has 2 aromatic carbocycles. The number of ether oxygens (including phenoxy) is 2. The molecule has 0 aromatic heterocycles. The lowest BCUT2D eigenvalue weighted by atomic mass is 10.3. The first-order valence-corrected chi connectivity index (χ1v) is 7.80. The third-order valence-electron chi connectivity index (χ3n) is 3.13. The fourth-order valence-electron chi connectivity index (χ4n) is 1.95. The van der Waals surface area contributed by atoms with Crippen LogP contribution in [-0.4, -0.2) is 30.4 Å². The zero-order valence-corrected chi connectivity index (χ0v) is 13.8. The normalized spacial score (nSPS) is 11.5. The average molecular weight is 330 g/mol. The van der Waals surface area contributed by atoms with E-state index in [1.54, 1.807) is 31.2 Å². The van der Waals surface area contributed by atoms with Crippen LogP contribution in [-0.2, 0) is 0 Å². The number of anilines is 1. The second kappa shape index (κ2) is 8.79. The van der Waals surface area contributed by atoms with E-state index < -0.39 is 0 Å². The minimum absolute atomic E-state index is 0.109. The third kappa shape index (κ3) is 5.48. The molecular weight excluding hydrogens is 308 g/mol. The van der Waals surface area contributed by atoms with E-state index in [-0.39, 0.29) is 18.7 Å². The number of urea groups is 1. The fourth-order valence-corrected chi connectivity index (χ4v) is 1.95. The molecule has 6 nitrogen and oxygen atoms in total. The van der Waals surface area contributed by atoms with Crippen molar-refractivity contribution in [3.8, 4) is 17.2 Å². The number of benzene rings is 2. The monoisotopic (exact) mass is 330 g/mol. The van der Waals surface area contributed by atoms with Crippen molar-refractivity contribution < 1.29 is 19.4 Å². The van der Waals surface area contributed by atoms with Crippen molar-refractivity contribution in [1.82, 2.24) is 5.32 Å². The number of carbonyl (C=O) groups is 1. The van der Waals surface area contributed by atoms with Crippen molar-refractivity contribution in [2.45, 2.75) is 19.9 Å². The lowest BCUT2D eigenvalue weighted by molar-refractivity contribution is 0.229. The van der Waals surface area contributed by atoms with Crippen LogP contribution in [0.3, 0.4) is 0 Å². The van der Waals surface area contributed by atoms with Crippen molar-refractivity contribution >= 4 is 11.7 Å². The van der Waals surface area contributed by atoms with Gasteiger partial charge in [-0.05, 0) is 62.4 Å². The first-order valence-electron chi connectivity index (χ1n) is 7.80. The van der Waals surface area contributed by atoms with E-state index >= 15 is 0 Å². The van der Waals surface area contributed by atoms with Crippen molar-refractivity contribution in [3.05, 3.63) is 48.5 Å². The second-order valence-corrected chi connectivity index (χ2v) is 5.21. The van der Waals surface area contributed by atoms with Gasteiger partial charge in [0.25, 0.3) is 0 Å². The summed E-state index contributed by atoms with van der Waals surface area (Å²) in [4.78, 5) is 11.7. The van der Waals surface area contributed by atoms with Crippen LogP contribution >= 0.6 is 0 Å². The second-order valence-electron chi connectivity index (χ2n) is 5.21. The molecule has 6 heteroatoms. The molecule has 128 valence electrons. The highest BCUT2D eigenvalue weighted by molar-refractivity contribution is 5.89. The van der Waals surface area contributed by atoms with Gasteiger partial charge >= 0.3 is 6.03 Å². The Kier molecular flexibility index (Phi) is 6.45. The Morgan fingerprint density at radius 1 is 1.04 bits per heavy atom. The Balaban J connectivity index is 1.90. The molecule has 2 amide bonds. The molecule has 0 aliphatic carbocycles. The highest BCUT2D eigenvalue weighted by atomic mass is 16.5. The molecule has 24 heavy (non-hydrogen) atoms. The van der Waals surface area contributed by atoms with E-state index in [0.717, 1.165) is 5.75 Å². The number of aliphatic hydroxyl groups is 1. The Morgan fingerprint density at radius 3 is 2.12 bits per heavy atom. The van der Waals surface area contributed by atoms with E-state index in [1.165, 1.54) is 0 Å². The minimum Gasteiger partial charge on any atom is -0.494 e. The molecule has 3 N–H and O–H groups in total. The summed E-state index contributed by atoms with van der Waals surface area (Å²) in [6.45, 7) is 4.17. The SMILES string of the molecule is CCOc1ccc(Oc2ccc(NC(=O)N[C@@H](C)CO)cc2)cc1. The maximum Gasteiger partial charge on any atom is 0.319 e. The minimum atomic E-state index is -0.364. The van der Waals surface area contributed by atoms with Crippen LogP contribution in [0, 0.1) is 0 Å². The molecule has 0 saturated carbocycles. The topological polar surface area (TPSA) is 79.8 Å². The molecule has 0 aliphatic rings. The fraction of sp³-hybridized carbons (Fsp3) is 0.278. The summed E-state index contributed by atoms with van der Waals surface area (Å²) in [7, 11) is 0. The molecule has 0 fully saturated rings. The highest BCUT2D eigenvalue weighted by Gasteiger charge is 2.06. The smallest absolute Gasteiger partial charge is 0.319 e. The summed E-state index contributed by atoms with van der Waals surface area (Å²) in [6.07, 6.45) is 0. The molecule has 0 spiro atoms. The van der Waals surface area contributed by atoms with E-state index in [9.17, 15) is 4.79 Å². The third-order valence-corrected chi connectivity index (χ3v) is 3.13. The summed E-state index contributed by atoms with van der Waals surface area (Å²) in [6, 6.07) is 13.7. The number of amides is 2. The summed E-state index contributed by atoms with van der Waals surface area (Å²) in [5, 5.41) is 14.2. The van der Waals surface area contributed by atoms with E-state index in [0.29, 0.717) is 23.8 Å². The molecule has 0 bridgehead atoms. The van der Waals surface area contributed by atoms with Gasteiger partial charge in [0.1, 0.15) is 17.2 Å². The molecular formula is C18H22N2O4. The zero-order chi connectivity index (χ0) is 17.4. The molecule has 2 rings (SSSR count). The van der Waals surface area contributed by atoms with Crippen molar-refractivity contribution in [2.24, 2.45) is 0 Å². The number of hydrogen-bond donors (Lipinski definition) is 3. The molecule has 0 unspecified atom stereocenters. The largest absolute Gasteiger partial charge is 0.494 e. The van der Waals surface area contributed by atoms with E-state index in [2.05, 4.69) is 10.6 Å². The van der Waals surface area contributed by atoms with Crippen LogP contribution in [0.1, 0.15) is 13.8 Å². The lowest BCUT2D eigenvalue weighted by Gasteiger charge is -2.12. The van der Waals surface area contributed by atoms with E-state index in [4.69, 9.17) is 14.6 Å². The molecule has 0 heterocycles. The van der Waals surface area contributed by atoms with Gasteiger partial charge in [-0.25, -0.2) is 4.79 Å². The van der Waals surface area contributed by atoms with Gasteiger partial charge in [0.15, 0.2) is 0 Å². The first-order chi connectivity index (χ1) is 11.6. The maximum atomic E-state index is 11.7. The van der Waals surface area contributed by atoms with E-state index in [1.807, 2.05) is 31.2 Å². The van der Waals surface area contributed by atoms with Gasteiger partial charge in [-0.2, -0.15) is 0 Å². The van der Waals surface area contributed by atoms with Gasteiger partial charge in [-0.3, -0.25) is 0 Å². The van der Waals surface area contributed by atoms with Gasteiger partial charge in [-0.15, -0.1) is 0 Å². The standard InChI is InChI=1S/C18H22N2O4/c1-3-23-15-8-10-17(11-9-15)24-16-6-4-14(5-7-16)20-18(22)19-13(2)12-21/h4-11,13,21H,3,12H2,1-2H3,(H2,19,20,22)/t13-/m0/s1. The number of nitrogens with one attached hydrogen (secondary N) is 2. The molecule has 2 aromatic rings. The van der Waals surface area contributed by atoms with Crippen molar-refractivity contribution in [2.75, 3.05) is 18.5 Å². The first kappa shape index (κ1) is 17.6. The number of carbonyl (C=O) groups excluding carboxylic acids is 1. The summed E-state index contributed by atoms with van der Waals surface area (Å²) >= 11 is 0. The van der Waals surface area contributed by atoms with Crippen LogP contribution in [0.2, 0.25) is 0 Å². The number of aliphatic hydroxyl groups excluding tert-OH is 1. The van der Waals surface area contributed by atoms with Crippen LogP contribution in [0.15, 0.2) is 48.5 Å². The molecule has 1 atom stereocenters. The van der Waals surface area contributed by atoms with Crippen molar-refractivity contribution in [3.63, 3.8) is 0 Å². The maximum absolute atomic E-state index is 11.7. The Bertz CT molecular complexity index is 641. The van der Waals surface area contributed by atoms with Crippen LogP contribution in [0.5, 0.6) is 17.2 Å². The summed E-state index contributed by atoms with van der Waals surface area (Å²) < 4.78 is 11.1. The molecule has 0 radical (unpaired) electrons. The number of rotatable bonds is 7. The zero-order valence-electron chi connectivity index (χ0n) is 13.8. The van der Waals surface area contributed by atoms with Crippen molar-refractivity contribution in [1.29, 1.82) is 0 Å². The Morgan fingerprint density at radius 2 is 1.58 bits per heavy atom. The molecule has 0 aliphatic heterocycles. The predicted octanol–water partition coefficient (Wildman–Crippen LogP) is 3.38. The molecule has 0 saturated heterocycles. The Labute approximate surface area is 141 Å². The van der Waals surface area contributed by atoms with Crippen LogP contribution in [0.4, 0.5) is 10.5 Å². The average Bonchev–Trinajstić information content (AvgIpc) is 2.58. The predicted molar refractivity (Wildman–Crippen MR) is 92.8 cm³/mol. The van der Waals surface area contributed by atoms with Gasteiger partial charge in [0.05, 0.1) is 19.3 Å². The van der Waals surface area contributed by atoms with Gasteiger partial charge < -0.3 is 25.2 Å². The number of hydrogen-bond acceptors (Lipinski definition) is 4. The highest BCUT2D eigenvalue weighted by Crippen LogP contribution is 2.25. The summed E-state index contributed by atoms with van der Waals surface area (Å²) in [5.41, 5.74) is 0.636. The van der Waals surface area contributed by atoms with Gasteiger partial charge in [0, 0.05) is 5.69 Å². The quantitative estimate of drug-likeness (QED) is 0.727. The Hall–Kier alpha value is -2.73. The van der Waals surface area contributed by atoms with Gasteiger partial charge in [-0.1, -0.05) is 0 Å². The lowest BCUT2D eigenvalue weighted by Crippen LogP contribution is -2.38. The van der Waals surface area contributed by atoms with Gasteiger partial charge in [0.2, 0.25) is 0 Å². The van der Waals surface area contributed by atoms with Crippen LogP contribution < -0.4 is 20.1 Å². The van der Waals surface area contributed by atoms with Crippen LogP contribution in [0.25, 0.3) is 0 Å². The summed E-state index contributed by atoms with van der Waals surface area (Å²) in [5.74, 6) is 2.16.